The molecule has 2 aliphatic rings. The molecule has 0 atom stereocenters. The van der Waals surface area contributed by atoms with E-state index < -0.39 is 5.63 Å². The van der Waals surface area contributed by atoms with E-state index in [-0.39, 0.29) is 24.0 Å². The Kier molecular flexibility index (Phi) is 4.94. The maximum absolute atomic E-state index is 12.6. The standard InChI is InChI=1S/C23H29NO4/c1-14(2)24-21(25)12-18-15(3)17-11-16-7-10-23(8-5-4-6-9-23)28-19(16)13-20(17)27-22(18)26/h11,13-14H,4-10,12H2,1-3H3,(H,24,25). The molecule has 0 radical (unpaired) electrons. The van der Waals surface area contributed by atoms with E-state index in [2.05, 4.69) is 11.4 Å². The molecule has 1 N–H and O–H groups in total. The molecular formula is C23H29NO4. The summed E-state index contributed by atoms with van der Waals surface area (Å²) in [6, 6.07) is 4.01. The highest BCUT2D eigenvalue weighted by Crippen LogP contribution is 2.43. The normalized spacial score (nSPS) is 18.1. The van der Waals surface area contributed by atoms with Crippen molar-refractivity contribution in [1.29, 1.82) is 0 Å². The van der Waals surface area contributed by atoms with Crippen LogP contribution in [-0.2, 0) is 17.6 Å². The Morgan fingerprint density at radius 2 is 1.93 bits per heavy atom. The Bertz CT molecular complexity index is 967. The second-order valence-electron chi connectivity index (χ2n) is 8.69. The lowest BCUT2D eigenvalue weighted by Gasteiger charge is -2.41. The summed E-state index contributed by atoms with van der Waals surface area (Å²) in [6.45, 7) is 5.70. The van der Waals surface area contributed by atoms with Crippen LogP contribution in [-0.4, -0.2) is 17.6 Å². The van der Waals surface area contributed by atoms with Gasteiger partial charge in [-0.25, -0.2) is 4.79 Å². The number of amides is 1. The van der Waals surface area contributed by atoms with E-state index in [1.165, 1.54) is 24.8 Å². The Hall–Kier alpha value is -2.30. The van der Waals surface area contributed by atoms with Crippen molar-refractivity contribution >= 4 is 16.9 Å². The van der Waals surface area contributed by atoms with Crippen LogP contribution in [0.2, 0.25) is 0 Å². The second-order valence-corrected chi connectivity index (χ2v) is 8.69. The second kappa shape index (κ2) is 7.26. The quantitative estimate of drug-likeness (QED) is 0.807. The first-order valence-electron chi connectivity index (χ1n) is 10.4. The highest BCUT2D eigenvalue weighted by atomic mass is 16.5. The molecule has 150 valence electrons. The third-order valence-corrected chi connectivity index (χ3v) is 6.20. The first-order valence-corrected chi connectivity index (χ1v) is 10.4. The number of ether oxygens (including phenoxy) is 1. The molecule has 1 saturated carbocycles. The van der Waals surface area contributed by atoms with Gasteiger partial charge in [0.2, 0.25) is 5.91 Å². The molecule has 1 aromatic heterocycles. The molecule has 2 aromatic rings. The fourth-order valence-electron chi connectivity index (χ4n) is 4.68. The highest BCUT2D eigenvalue weighted by Gasteiger charge is 2.37. The van der Waals surface area contributed by atoms with Gasteiger partial charge in [-0.2, -0.15) is 0 Å². The van der Waals surface area contributed by atoms with Gasteiger partial charge in [0.05, 0.1) is 12.0 Å². The van der Waals surface area contributed by atoms with Gasteiger partial charge in [0.15, 0.2) is 0 Å². The molecule has 5 nitrogen and oxygen atoms in total. The molecule has 0 unspecified atom stereocenters. The number of nitrogens with one attached hydrogen (secondary N) is 1. The smallest absolute Gasteiger partial charge is 0.340 e. The van der Waals surface area contributed by atoms with Gasteiger partial charge in [0.1, 0.15) is 16.9 Å². The number of carbonyl (C=O) groups excluding carboxylic acids is 1. The van der Waals surface area contributed by atoms with Crippen molar-refractivity contribution in [3.8, 4) is 5.75 Å². The van der Waals surface area contributed by atoms with Crippen LogP contribution in [0, 0.1) is 6.92 Å². The van der Waals surface area contributed by atoms with Gasteiger partial charge in [-0.15, -0.1) is 0 Å². The van der Waals surface area contributed by atoms with E-state index in [1.807, 2.05) is 26.8 Å². The highest BCUT2D eigenvalue weighted by molar-refractivity contribution is 5.86. The lowest BCUT2D eigenvalue weighted by Crippen LogP contribution is -2.41. The molecule has 0 saturated heterocycles. The zero-order valence-corrected chi connectivity index (χ0v) is 17.0. The van der Waals surface area contributed by atoms with Crippen molar-refractivity contribution in [2.24, 2.45) is 0 Å². The number of rotatable bonds is 3. The summed E-state index contributed by atoms with van der Waals surface area (Å²) in [6.07, 6.45) is 8.01. The van der Waals surface area contributed by atoms with Crippen LogP contribution in [0.1, 0.15) is 69.1 Å². The molecule has 5 heteroatoms. The molecule has 1 amide bonds. The maximum atomic E-state index is 12.6. The van der Waals surface area contributed by atoms with Crippen molar-refractivity contribution in [2.45, 2.75) is 83.8 Å². The number of benzene rings is 1. The zero-order valence-electron chi connectivity index (χ0n) is 17.0. The molecule has 1 spiro atoms. The van der Waals surface area contributed by atoms with Crippen LogP contribution < -0.4 is 15.7 Å². The molecule has 1 aliphatic heterocycles. The third kappa shape index (κ3) is 3.54. The first kappa shape index (κ1) is 19.0. The van der Waals surface area contributed by atoms with Crippen LogP contribution in [0.25, 0.3) is 11.0 Å². The van der Waals surface area contributed by atoms with Crippen LogP contribution in [0.5, 0.6) is 5.75 Å². The molecule has 2 heterocycles. The minimum absolute atomic E-state index is 0.0385. The zero-order chi connectivity index (χ0) is 19.9. The van der Waals surface area contributed by atoms with Gasteiger partial charge in [-0.3, -0.25) is 4.79 Å². The summed E-state index contributed by atoms with van der Waals surface area (Å²) in [4.78, 5) is 24.7. The van der Waals surface area contributed by atoms with Gasteiger partial charge < -0.3 is 14.5 Å². The summed E-state index contributed by atoms with van der Waals surface area (Å²) >= 11 is 0. The van der Waals surface area contributed by atoms with Crippen molar-refractivity contribution < 1.29 is 13.9 Å². The Balaban J connectivity index is 1.70. The van der Waals surface area contributed by atoms with Crippen molar-refractivity contribution in [3.05, 3.63) is 39.2 Å². The molecule has 1 fully saturated rings. The minimum atomic E-state index is -0.438. The monoisotopic (exact) mass is 383 g/mol. The SMILES string of the molecule is Cc1c(CC(=O)NC(C)C)c(=O)oc2cc3c(cc12)CCC1(CCCCC1)O3. The Labute approximate surface area is 165 Å². The topological polar surface area (TPSA) is 68.5 Å². The molecule has 1 aromatic carbocycles. The van der Waals surface area contributed by atoms with Crippen LogP contribution in [0.3, 0.4) is 0 Å². The summed E-state index contributed by atoms with van der Waals surface area (Å²) < 4.78 is 12.1. The average Bonchev–Trinajstić information content (AvgIpc) is 2.64. The number of aryl methyl sites for hydroxylation is 2. The lowest BCUT2D eigenvalue weighted by atomic mass is 9.79. The fourth-order valence-corrected chi connectivity index (χ4v) is 4.68. The van der Waals surface area contributed by atoms with Crippen LogP contribution in [0.15, 0.2) is 21.3 Å². The van der Waals surface area contributed by atoms with E-state index in [0.29, 0.717) is 11.1 Å². The van der Waals surface area contributed by atoms with E-state index >= 15 is 0 Å². The summed E-state index contributed by atoms with van der Waals surface area (Å²) in [5.41, 5.74) is 2.49. The average molecular weight is 383 g/mol. The molecule has 28 heavy (non-hydrogen) atoms. The molecule has 4 rings (SSSR count). The Morgan fingerprint density at radius 1 is 1.18 bits per heavy atom. The van der Waals surface area contributed by atoms with Crippen LogP contribution >= 0.6 is 0 Å². The largest absolute Gasteiger partial charge is 0.487 e. The number of fused-ring (bicyclic) bond motifs is 2. The summed E-state index contributed by atoms with van der Waals surface area (Å²) in [5, 5.41) is 3.73. The molecule has 0 bridgehead atoms. The number of hydrogen-bond donors (Lipinski definition) is 1. The Morgan fingerprint density at radius 3 is 2.64 bits per heavy atom. The first-order chi connectivity index (χ1) is 13.4. The lowest BCUT2D eigenvalue weighted by molar-refractivity contribution is -0.120. The molecular weight excluding hydrogens is 354 g/mol. The van der Waals surface area contributed by atoms with Gasteiger partial charge in [0, 0.05) is 17.5 Å². The van der Waals surface area contributed by atoms with Gasteiger partial charge in [-0.05, 0) is 76.5 Å². The fraction of sp³-hybridized carbons (Fsp3) is 0.565. The maximum Gasteiger partial charge on any atom is 0.340 e. The predicted octanol–water partition coefficient (Wildman–Crippen LogP) is 4.20. The molecule has 1 aliphatic carbocycles. The van der Waals surface area contributed by atoms with Crippen molar-refractivity contribution in [3.63, 3.8) is 0 Å². The third-order valence-electron chi connectivity index (χ3n) is 6.20. The van der Waals surface area contributed by atoms with E-state index in [9.17, 15) is 9.59 Å². The number of carbonyl (C=O) groups is 1. The van der Waals surface area contributed by atoms with Gasteiger partial charge in [-0.1, -0.05) is 6.42 Å². The van der Waals surface area contributed by atoms with Crippen molar-refractivity contribution in [1.82, 2.24) is 5.32 Å². The van der Waals surface area contributed by atoms with E-state index in [1.54, 1.807) is 0 Å². The summed E-state index contributed by atoms with van der Waals surface area (Å²) in [5.74, 6) is 0.693. The van der Waals surface area contributed by atoms with Gasteiger partial charge in [0.25, 0.3) is 0 Å². The van der Waals surface area contributed by atoms with Crippen molar-refractivity contribution in [2.75, 3.05) is 0 Å². The van der Waals surface area contributed by atoms with E-state index in [0.717, 1.165) is 42.4 Å². The van der Waals surface area contributed by atoms with E-state index in [4.69, 9.17) is 9.15 Å². The predicted molar refractivity (Wildman–Crippen MR) is 109 cm³/mol. The minimum Gasteiger partial charge on any atom is -0.487 e. The van der Waals surface area contributed by atoms with Crippen LogP contribution in [0.4, 0.5) is 0 Å². The van der Waals surface area contributed by atoms with Gasteiger partial charge >= 0.3 is 5.63 Å². The number of hydrogen-bond acceptors (Lipinski definition) is 4. The summed E-state index contributed by atoms with van der Waals surface area (Å²) in [7, 11) is 0.